The molecule has 3 aromatic rings. The number of carbonyl (C=O) groups is 3. The van der Waals surface area contributed by atoms with Crippen molar-refractivity contribution in [1.29, 1.82) is 0 Å². The van der Waals surface area contributed by atoms with Crippen LogP contribution in [0.15, 0.2) is 59.5 Å². The van der Waals surface area contributed by atoms with Gasteiger partial charge in [-0.25, -0.2) is 4.79 Å². The molecule has 2 bridgehead atoms. The molecule has 1 amide bonds. The van der Waals surface area contributed by atoms with E-state index in [4.69, 9.17) is 4.74 Å². The van der Waals surface area contributed by atoms with Crippen LogP contribution in [0.3, 0.4) is 0 Å². The quantitative estimate of drug-likeness (QED) is 0.0908. The van der Waals surface area contributed by atoms with Gasteiger partial charge in [0.15, 0.2) is 11.6 Å². The summed E-state index contributed by atoms with van der Waals surface area (Å²) in [4.78, 5) is 43.0. The van der Waals surface area contributed by atoms with E-state index in [2.05, 4.69) is 29.0 Å². The second kappa shape index (κ2) is 15.0. The molecule has 6 rings (SSSR count). The van der Waals surface area contributed by atoms with Gasteiger partial charge in [0.2, 0.25) is 0 Å². The van der Waals surface area contributed by atoms with Crippen LogP contribution >= 0.6 is 11.8 Å². The van der Waals surface area contributed by atoms with Crippen molar-refractivity contribution in [2.75, 3.05) is 24.7 Å². The van der Waals surface area contributed by atoms with Gasteiger partial charge in [-0.3, -0.25) is 9.59 Å². The lowest BCUT2D eigenvalue weighted by molar-refractivity contribution is 0.0646. The van der Waals surface area contributed by atoms with Crippen molar-refractivity contribution in [3.05, 3.63) is 88.0 Å². The van der Waals surface area contributed by atoms with E-state index in [-0.39, 0.29) is 47.5 Å². The number of hydrogen-bond acceptors (Lipinski definition) is 9. The van der Waals surface area contributed by atoms with Crippen LogP contribution in [0.5, 0.6) is 5.75 Å². The first-order valence-corrected chi connectivity index (χ1v) is 16.9. The van der Waals surface area contributed by atoms with Crippen molar-refractivity contribution in [2.24, 2.45) is 5.92 Å². The first-order valence-electron chi connectivity index (χ1n) is 15.9. The SMILES string of the molecule is CC.CC(O)C1C2C#CCC#CC(O)C1c1cc(O)c3c(c1N2)C(=O)c1ccc(CN(C)C(=O)OCCSc2ccccc2)cc1C3=O. The van der Waals surface area contributed by atoms with Gasteiger partial charge < -0.3 is 30.3 Å². The van der Waals surface area contributed by atoms with Crippen molar-refractivity contribution >= 4 is 35.1 Å². The number of aliphatic hydroxyl groups is 2. The number of carbonyl (C=O) groups excluding carboxylic acids is 3. The van der Waals surface area contributed by atoms with E-state index in [1.54, 1.807) is 43.9 Å². The first kappa shape index (κ1) is 34.6. The molecule has 48 heavy (non-hydrogen) atoms. The minimum absolute atomic E-state index is 0.00503. The fourth-order valence-electron chi connectivity index (χ4n) is 6.37. The number of anilines is 1. The summed E-state index contributed by atoms with van der Waals surface area (Å²) in [5.74, 6) is 9.42. The van der Waals surface area contributed by atoms with Crippen molar-refractivity contribution < 1.29 is 34.4 Å². The molecule has 0 radical (unpaired) electrons. The average Bonchev–Trinajstić information content (AvgIpc) is 3.14. The summed E-state index contributed by atoms with van der Waals surface area (Å²) in [5.41, 5.74) is 1.38. The van der Waals surface area contributed by atoms with Gasteiger partial charge in [-0.1, -0.05) is 61.8 Å². The smallest absolute Gasteiger partial charge is 0.409 e. The predicted molar refractivity (Wildman–Crippen MR) is 184 cm³/mol. The molecule has 0 saturated heterocycles. The number of benzene rings is 3. The summed E-state index contributed by atoms with van der Waals surface area (Å²) in [6, 6.07) is 15.3. The molecule has 3 aromatic carbocycles. The molecule has 2 aliphatic carbocycles. The Morgan fingerprint density at radius 1 is 1.04 bits per heavy atom. The Labute approximate surface area is 284 Å². The molecule has 9 nitrogen and oxygen atoms in total. The maximum atomic E-state index is 14.0. The number of amides is 1. The maximum Gasteiger partial charge on any atom is 0.409 e. The predicted octanol–water partition coefficient (Wildman–Crippen LogP) is 5.20. The summed E-state index contributed by atoms with van der Waals surface area (Å²) in [5, 5.41) is 36.2. The van der Waals surface area contributed by atoms with Crippen LogP contribution < -0.4 is 5.32 Å². The van der Waals surface area contributed by atoms with Crippen LogP contribution in [0.25, 0.3) is 0 Å². The maximum absolute atomic E-state index is 14.0. The summed E-state index contributed by atoms with van der Waals surface area (Å²) in [6.45, 7) is 5.95. The third-order valence-electron chi connectivity index (χ3n) is 8.46. The molecule has 1 aliphatic heterocycles. The molecular weight excluding hydrogens is 628 g/mol. The second-order valence-electron chi connectivity index (χ2n) is 11.5. The zero-order valence-corrected chi connectivity index (χ0v) is 28.1. The van der Waals surface area contributed by atoms with E-state index >= 15 is 0 Å². The fourth-order valence-corrected chi connectivity index (χ4v) is 7.12. The van der Waals surface area contributed by atoms with Gasteiger partial charge in [0.1, 0.15) is 18.5 Å². The lowest BCUT2D eigenvalue weighted by Crippen LogP contribution is -2.47. The molecule has 0 saturated carbocycles. The minimum atomic E-state index is -1.21. The summed E-state index contributed by atoms with van der Waals surface area (Å²) < 4.78 is 5.40. The number of ketones is 2. The molecule has 5 unspecified atom stereocenters. The molecule has 0 aromatic heterocycles. The fraction of sp³-hybridized carbons (Fsp3) is 0.342. The molecule has 1 heterocycles. The number of ether oxygens (including phenoxy) is 1. The Morgan fingerprint density at radius 3 is 2.48 bits per heavy atom. The Bertz CT molecular complexity index is 1850. The Hall–Kier alpha value is -4.74. The van der Waals surface area contributed by atoms with Crippen LogP contribution in [0.2, 0.25) is 0 Å². The van der Waals surface area contributed by atoms with E-state index in [0.717, 1.165) is 4.90 Å². The van der Waals surface area contributed by atoms with Crippen molar-refractivity contribution in [1.82, 2.24) is 4.90 Å². The van der Waals surface area contributed by atoms with Gasteiger partial charge in [0.05, 0.1) is 35.4 Å². The van der Waals surface area contributed by atoms with Crippen LogP contribution in [0.1, 0.15) is 76.1 Å². The summed E-state index contributed by atoms with van der Waals surface area (Å²) in [7, 11) is 1.59. The molecule has 10 heteroatoms. The van der Waals surface area contributed by atoms with Crippen LogP contribution in [-0.4, -0.2) is 75.5 Å². The zero-order chi connectivity index (χ0) is 34.5. The number of thioether (sulfide) groups is 1. The third kappa shape index (κ3) is 6.79. The van der Waals surface area contributed by atoms with Gasteiger partial charge in [-0.15, -0.1) is 11.8 Å². The largest absolute Gasteiger partial charge is 0.507 e. The summed E-state index contributed by atoms with van der Waals surface area (Å²) in [6.07, 6.45) is -2.41. The summed E-state index contributed by atoms with van der Waals surface area (Å²) >= 11 is 1.58. The van der Waals surface area contributed by atoms with Gasteiger partial charge in [-0.05, 0) is 48.4 Å². The molecular formula is C38H38N2O7S. The third-order valence-corrected chi connectivity index (χ3v) is 9.43. The first-order chi connectivity index (χ1) is 23.2. The molecule has 5 atom stereocenters. The highest BCUT2D eigenvalue weighted by molar-refractivity contribution is 7.99. The number of hydrogen-bond donors (Lipinski definition) is 4. The number of phenolic OH excluding ortho intramolecular Hbond substituents is 1. The van der Waals surface area contributed by atoms with Crippen LogP contribution in [0, 0.1) is 29.6 Å². The van der Waals surface area contributed by atoms with E-state index in [1.165, 1.54) is 11.0 Å². The monoisotopic (exact) mass is 666 g/mol. The Morgan fingerprint density at radius 2 is 1.75 bits per heavy atom. The molecule has 4 N–H and O–H groups in total. The molecule has 3 aliphatic rings. The van der Waals surface area contributed by atoms with E-state index in [0.29, 0.717) is 16.9 Å². The molecule has 0 spiro atoms. The number of phenols is 1. The van der Waals surface area contributed by atoms with Crippen LogP contribution in [-0.2, 0) is 11.3 Å². The zero-order valence-electron chi connectivity index (χ0n) is 27.2. The van der Waals surface area contributed by atoms with Gasteiger partial charge >= 0.3 is 6.09 Å². The van der Waals surface area contributed by atoms with E-state index in [9.17, 15) is 29.7 Å². The highest BCUT2D eigenvalue weighted by Gasteiger charge is 2.46. The highest BCUT2D eigenvalue weighted by atomic mass is 32.2. The van der Waals surface area contributed by atoms with Gasteiger partial charge in [-0.2, -0.15) is 0 Å². The van der Waals surface area contributed by atoms with Crippen molar-refractivity contribution in [2.45, 2.75) is 62.8 Å². The van der Waals surface area contributed by atoms with Gasteiger partial charge in [0, 0.05) is 47.2 Å². The topological polar surface area (TPSA) is 136 Å². The Balaban J connectivity index is 0.00000221. The Kier molecular flexibility index (Phi) is 10.8. The number of nitrogens with one attached hydrogen (secondary N) is 1. The highest BCUT2D eigenvalue weighted by Crippen LogP contribution is 2.49. The van der Waals surface area contributed by atoms with E-state index < -0.39 is 53.5 Å². The molecule has 248 valence electrons. The van der Waals surface area contributed by atoms with Crippen molar-refractivity contribution in [3.8, 4) is 29.4 Å². The standard InChI is InChI=1S/C36H32N2O7S.C2H6/c1-20(39)29-26-11-7-4-8-12-27(40)30(29)25-18-28(41)31-32(33(25)37-26)34(42)23-14-13-21(17-24(23)35(31)43)19-38(2)36(44)45-15-16-46-22-9-5-3-6-10-22;1-2/h3,5-6,9-10,13-14,17-18,20,26-27,29-30,37,39-41H,4,15-16,19H2,1-2H3;1-2H3. The number of rotatable bonds is 7. The normalized spacial score (nSPS) is 20.5. The van der Waals surface area contributed by atoms with Crippen LogP contribution in [0.4, 0.5) is 10.5 Å². The molecule has 0 fully saturated rings. The number of aromatic hydroxyl groups is 1. The van der Waals surface area contributed by atoms with E-state index in [1.807, 2.05) is 44.2 Å². The lowest BCUT2D eigenvalue weighted by atomic mass is 9.69. The average molecular weight is 667 g/mol. The lowest BCUT2D eigenvalue weighted by Gasteiger charge is -2.42. The number of fused-ring (bicyclic) bond motifs is 7. The van der Waals surface area contributed by atoms with Crippen molar-refractivity contribution in [3.63, 3.8) is 0 Å². The van der Waals surface area contributed by atoms with Gasteiger partial charge in [0.25, 0.3) is 0 Å². The number of aliphatic hydroxyl groups excluding tert-OH is 2. The second-order valence-corrected chi connectivity index (χ2v) is 12.7. The number of nitrogens with zero attached hydrogens (tertiary/aromatic N) is 1. The minimum Gasteiger partial charge on any atom is -0.507 e.